The number of likely N-dealkylation sites (N-methyl/N-ethyl adjacent to an activating group) is 1. The molecular formula is C25H26BrN3O2S. The lowest BCUT2D eigenvalue weighted by molar-refractivity contribution is 0.312. The number of fused-ring (bicyclic) bond motifs is 2. The minimum atomic E-state index is -3.82. The van der Waals surface area contributed by atoms with Gasteiger partial charge in [-0.05, 0) is 55.6 Å². The summed E-state index contributed by atoms with van der Waals surface area (Å²) in [7, 11) is -1.69. The normalized spacial score (nSPS) is 15.7. The van der Waals surface area contributed by atoms with Gasteiger partial charge in [-0.3, -0.25) is 0 Å². The number of hydrogen-bond acceptors (Lipinski definition) is 4. The van der Waals surface area contributed by atoms with Crippen molar-refractivity contribution in [3.8, 4) is 0 Å². The minimum absolute atomic E-state index is 0.351. The van der Waals surface area contributed by atoms with E-state index in [1.165, 1.54) is 3.97 Å². The van der Waals surface area contributed by atoms with Gasteiger partial charge in [0.15, 0.2) is 0 Å². The highest BCUT2D eigenvalue weighted by Gasteiger charge is 2.26. The Morgan fingerprint density at radius 2 is 1.56 bits per heavy atom. The quantitative estimate of drug-likeness (QED) is 0.381. The minimum Gasteiger partial charge on any atom is -0.369 e. The second-order valence-corrected chi connectivity index (χ2v) is 11.3. The molecule has 0 saturated carbocycles. The van der Waals surface area contributed by atoms with Gasteiger partial charge in [-0.2, -0.15) is 0 Å². The third-order valence-electron chi connectivity index (χ3n) is 6.56. The molecule has 1 aliphatic heterocycles. The Balaban J connectivity index is 1.77. The van der Waals surface area contributed by atoms with Gasteiger partial charge in [0, 0.05) is 53.3 Å². The van der Waals surface area contributed by atoms with Crippen LogP contribution in [0.4, 0.5) is 5.69 Å². The van der Waals surface area contributed by atoms with Gasteiger partial charge in [0.05, 0.1) is 10.4 Å². The monoisotopic (exact) mass is 511 g/mol. The number of nitrogens with zero attached hydrogens (tertiary/aromatic N) is 3. The van der Waals surface area contributed by atoms with Crippen molar-refractivity contribution in [1.82, 2.24) is 8.87 Å². The Kier molecular flexibility index (Phi) is 5.31. The van der Waals surface area contributed by atoms with Crippen molar-refractivity contribution >= 4 is 53.3 Å². The number of aromatic nitrogens is 1. The average Bonchev–Trinajstić information content (AvgIpc) is 3.11. The highest BCUT2D eigenvalue weighted by molar-refractivity contribution is 9.10. The predicted octanol–water partition coefficient (Wildman–Crippen LogP) is 5.16. The lowest BCUT2D eigenvalue weighted by Gasteiger charge is -2.35. The molecule has 5 rings (SSSR count). The van der Waals surface area contributed by atoms with Gasteiger partial charge < -0.3 is 9.80 Å². The third kappa shape index (κ3) is 3.43. The van der Waals surface area contributed by atoms with Gasteiger partial charge in [0.1, 0.15) is 0 Å². The number of hydrogen-bond donors (Lipinski definition) is 0. The van der Waals surface area contributed by atoms with E-state index in [9.17, 15) is 8.42 Å². The Morgan fingerprint density at radius 3 is 2.28 bits per heavy atom. The zero-order chi connectivity index (χ0) is 22.6. The van der Waals surface area contributed by atoms with Crippen LogP contribution in [-0.4, -0.2) is 50.5 Å². The fraction of sp³-hybridized carbons (Fsp3) is 0.280. The Morgan fingerprint density at radius 1 is 0.875 bits per heavy atom. The molecule has 166 valence electrons. The van der Waals surface area contributed by atoms with Crippen LogP contribution in [0, 0.1) is 13.8 Å². The lowest BCUT2D eigenvalue weighted by Crippen LogP contribution is -2.44. The molecule has 0 bridgehead atoms. The summed E-state index contributed by atoms with van der Waals surface area (Å²) in [5.41, 5.74) is 3.75. The first-order valence-corrected chi connectivity index (χ1v) is 13.0. The summed E-state index contributed by atoms with van der Waals surface area (Å²) in [6.45, 7) is 7.73. The number of halogens is 1. The zero-order valence-electron chi connectivity index (χ0n) is 18.5. The summed E-state index contributed by atoms with van der Waals surface area (Å²) in [5.74, 6) is 0. The molecule has 2 heterocycles. The molecule has 1 aromatic heterocycles. The van der Waals surface area contributed by atoms with Gasteiger partial charge >= 0.3 is 0 Å². The van der Waals surface area contributed by atoms with Crippen LogP contribution in [0.2, 0.25) is 0 Å². The Hall–Kier alpha value is -2.35. The van der Waals surface area contributed by atoms with Crippen molar-refractivity contribution in [2.75, 3.05) is 38.1 Å². The summed E-state index contributed by atoms with van der Waals surface area (Å²) in [6, 6.07) is 15.5. The predicted molar refractivity (Wildman–Crippen MR) is 135 cm³/mol. The second kappa shape index (κ2) is 7.90. The fourth-order valence-corrected chi connectivity index (χ4v) is 6.69. The zero-order valence-corrected chi connectivity index (χ0v) is 20.9. The first-order chi connectivity index (χ1) is 15.3. The molecule has 1 fully saturated rings. The van der Waals surface area contributed by atoms with E-state index < -0.39 is 10.0 Å². The summed E-state index contributed by atoms with van der Waals surface area (Å²) in [5, 5.41) is 2.68. The second-order valence-electron chi connectivity index (χ2n) is 8.63. The van der Waals surface area contributed by atoms with E-state index in [4.69, 9.17) is 0 Å². The molecule has 0 unspecified atom stereocenters. The first-order valence-electron chi connectivity index (χ1n) is 10.8. The molecule has 0 radical (unpaired) electrons. The molecule has 5 nitrogen and oxygen atoms in total. The Bertz CT molecular complexity index is 1450. The maximum absolute atomic E-state index is 14.1. The Labute approximate surface area is 197 Å². The van der Waals surface area contributed by atoms with Crippen LogP contribution < -0.4 is 4.90 Å². The van der Waals surface area contributed by atoms with Crippen LogP contribution in [-0.2, 0) is 10.0 Å². The number of rotatable bonds is 3. The van der Waals surface area contributed by atoms with Crippen molar-refractivity contribution in [3.05, 3.63) is 70.3 Å². The number of piperazine rings is 1. The van der Waals surface area contributed by atoms with Gasteiger partial charge in [0.25, 0.3) is 10.0 Å². The molecule has 0 amide bonds. The molecule has 3 aromatic carbocycles. The molecule has 0 spiro atoms. The SMILES string of the molecule is Cc1c(N2CCN(C)CC2)cc(S(=O)(=O)n2cc(C)c3ccc(Br)cc32)c2ccccc12. The van der Waals surface area contributed by atoms with Crippen molar-refractivity contribution < 1.29 is 8.42 Å². The van der Waals surface area contributed by atoms with Crippen LogP contribution in [0.3, 0.4) is 0 Å². The molecule has 1 saturated heterocycles. The smallest absolute Gasteiger partial charge is 0.268 e. The fourth-order valence-electron chi connectivity index (χ4n) is 4.70. The summed E-state index contributed by atoms with van der Waals surface area (Å²) in [6.07, 6.45) is 1.73. The largest absolute Gasteiger partial charge is 0.369 e. The van der Waals surface area contributed by atoms with E-state index >= 15 is 0 Å². The van der Waals surface area contributed by atoms with Crippen molar-refractivity contribution in [3.63, 3.8) is 0 Å². The number of anilines is 1. The molecule has 32 heavy (non-hydrogen) atoms. The van der Waals surface area contributed by atoms with Gasteiger partial charge in [-0.25, -0.2) is 12.4 Å². The van der Waals surface area contributed by atoms with E-state index in [0.29, 0.717) is 10.4 Å². The van der Waals surface area contributed by atoms with E-state index in [1.54, 1.807) is 6.20 Å². The maximum Gasteiger partial charge on any atom is 0.268 e. The topological polar surface area (TPSA) is 45.6 Å². The first kappa shape index (κ1) is 21.5. The maximum atomic E-state index is 14.1. The molecule has 0 N–H and O–H groups in total. The van der Waals surface area contributed by atoms with Gasteiger partial charge in [-0.15, -0.1) is 0 Å². The molecule has 0 atom stereocenters. The van der Waals surface area contributed by atoms with Crippen LogP contribution >= 0.6 is 15.9 Å². The highest BCUT2D eigenvalue weighted by atomic mass is 79.9. The van der Waals surface area contributed by atoms with Crippen molar-refractivity contribution in [2.24, 2.45) is 0 Å². The van der Waals surface area contributed by atoms with Crippen molar-refractivity contribution in [2.45, 2.75) is 18.7 Å². The molecule has 1 aliphatic rings. The van der Waals surface area contributed by atoms with E-state index in [2.05, 4.69) is 39.7 Å². The lowest BCUT2D eigenvalue weighted by atomic mass is 10.0. The van der Waals surface area contributed by atoms with E-state index in [1.807, 2.05) is 55.5 Å². The average molecular weight is 512 g/mol. The van der Waals surface area contributed by atoms with Crippen LogP contribution in [0.15, 0.2) is 64.1 Å². The molecule has 4 aromatic rings. The summed E-state index contributed by atoms with van der Waals surface area (Å²) >= 11 is 3.50. The van der Waals surface area contributed by atoms with E-state index in [0.717, 1.165) is 63.6 Å². The number of benzene rings is 3. The van der Waals surface area contributed by atoms with Crippen LogP contribution in [0.5, 0.6) is 0 Å². The summed E-state index contributed by atoms with van der Waals surface area (Å²) < 4.78 is 30.5. The highest BCUT2D eigenvalue weighted by Crippen LogP contribution is 2.37. The van der Waals surface area contributed by atoms with E-state index in [-0.39, 0.29) is 0 Å². The van der Waals surface area contributed by atoms with Gasteiger partial charge in [-0.1, -0.05) is 46.3 Å². The molecule has 0 aliphatic carbocycles. The van der Waals surface area contributed by atoms with Crippen LogP contribution in [0.25, 0.3) is 21.7 Å². The standard InChI is InChI=1S/C25H26BrN3O2S/c1-17-16-29(24-14-19(26)8-9-20(17)24)32(30,31)25-15-23(28-12-10-27(3)11-13-28)18(2)21-6-4-5-7-22(21)25/h4-9,14-16H,10-13H2,1-3H3. The van der Waals surface area contributed by atoms with Crippen molar-refractivity contribution in [1.29, 1.82) is 0 Å². The van der Waals surface area contributed by atoms with Crippen LogP contribution in [0.1, 0.15) is 11.1 Å². The molecular weight excluding hydrogens is 486 g/mol. The van der Waals surface area contributed by atoms with Gasteiger partial charge in [0.2, 0.25) is 0 Å². The third-order valence-corrected chi connectivity index (χ3v) is 8.77. The summed E-state index contributed by atoms with van der Waals surface area (Å²) in [4.78, 5) is 4.97. The molecule has 7 heteroatoms. The number of aryl methyl sites for hydroxylation is 2.